The monoisotopic (exact) mass is 297 g/mol. The molecule has 0 radical (unpaired) electrons. The summed E-state index contributed by atoms with van der Waals surface area (Å²) in [5.41, 5.74) is 5.56. The van der Waals surface area contributed by atoms with Crippen molar-refractivity contribution < 1.29 is 22.7 Å². The number of halogens is 3. The highest BCUT2D eigenvalue weighted by Crippen LogP contribution is 2.14. The summed E-state index contributed by atoms with van der Waals surface area (Å²) in [5.74, 6) is 0.00754. The second kappa shape index (κ2) is 7.80. The molecule has 1 unspecified atom stereocenters. The van der Waals surface area contributed by atoms with Crippen molar-refractivity contribution in [2.24, 2.45) is 11.7 Å². The van der Waals surface area contributed by atoms with E-state index in [1.54, 1.807) is 4.90 Å². The molecule has 1 aliphatic rings. The molecule has 0 saturated carbocycles. The summed E-state index contributed by atoms with van der Waals surface area (Å²) in [5, 5.41) is 0. The maximum absolute atomic E-state index is 11.9. The molecule has 1 heterocycles. The first-order chi connectivity index (χ1) is 9.31. The molecule has 118 valence electrons. The molecule has 0 bridgehead atoms. The van der Waals surface area contributed by atoms with E-state index < -0.39 is 19.4 Å². The Morgan fingerprint density at radius 3 is 2.40 bits per heavy atom. The third-order valence-electron chi connectivity index (χ3n) is 3.19. The number of hydrogen-bond acceptors (Lipinski definition) is 4. The maximum Gasteiger partial charge on any atom is 0.411 e. The van der Waals surface area contributed by atoms with E-state index in [0.29, 0.717) is 25.6 Å². The van der Waals surface area contributed by atoms with E-state index in [1.807, 2.05) is 0 Å². The van der Waals surface area contributed by atoms with Gasteiger partial charge in [-0.2, -0.15) is 13.2 Å². The highest BCUT2D eigenvalue weighted by Gasteiger charge is 2.28. The number of alkyl halides is 3. The number of ether oxygens (including phenoxy) is 1. The highest BCUT2D eigenvalue weighted by molar-refractivity contribution is 5.77. The molecule has 0 aliphatic carbocycles. The van der Waals surface area contributed by atoms with E-state index in [2.05, 4.69) is 16.6 Å². The van der Waals surface area contributed by atoms with Gasteiger partial charge in [-0.05, 0) is 12.5 Å². The van der Waals surface area contributed by atoms with Crippen LogP contribution in [0.15, 0.2) is 0 Å². The van der Waals surface area contributed by atoms with Crippen molar-refractivity contribution in [3.63, 3.8) is 0 Å². The second-order valence-corrected chi connectivity index (χ2v) is 5.13. The smallest absolute Gasteiger partial charge is 0.362 e. The lowest BCUT2D eigenvalue weighted by Crippen LogP contribution is -2.51. The molecule has 0 aromatic rings. The van der Waals surface area contributed by atoms with E-state index in [0.717, 1.165) is 19.6 Å². The van der Waals surface area contributed by atoms with Crippen LogP contribution in [0, 0.1) is 5.92 Å². The Morgan fingerprint density at radius 2 is 1.90 bits per heavy atom. The Labute approximate surface area is 116 Å². The normalized spacial score (nSPS) is 19.1. The van der Waals surface area contributed by atoms with Crippen LogP contribution in [-0.4, -0.2) is 74.4 Å². The average molecular weight is 297 g/mol. The molecule has 2 N–H and O–H groups in total. The van der Waals surface area contributed by atoms with Crippen LogP contribution in [0.25, 0.3) is 0 Å². The van der Waals surface area contributed by atoms with Crippen molar-refractivity contribution >= 4 is 5.91 Å². The first kappa shape index (κ1) is 17.2. The molecule has 1 fully saturated rings. The summed E-state index contributed by atoms with van der Waals surface area (Å²) in [6, 6.07) is 0. The summed E-state index contributed by atoms with van der Waals surface area (Å²) < 4.78 is 40.0. The summed E-state index contributed by atoms with van der Waals surface area (Å²) in [4.78, 5) is 15.4. The summed E-state index contributed by atoms with van der Waals surface area (Å²) >= 11 is 0. The number of hydrogen-bond donors (Lipinski definition) is 1. The first-order valence-electron chi connectivity index (χ1n) is 6.66. The molecule has 0 aromatic heterocycles. The Hall–Kier alpha value is -0.860. The summed E-state index contributed by atoms with van der Waals surface area (Å²) in [6.07, 6.45) is -4.39. The van der Waals surface area contributed by atoms with Gasteiger partial charge in [-0.1, -0.05) is 6.92 Å². The molecule has 8 heteroatoms. The van der Waals surface area contributed by atoms with Crippen LogP contribution >= 0.6 is 0 Å². The fourth-order valence-electron chi connectivity index (χ4n) is 2.04. The van der Waals surface area contributed by atoms with Gasteiger partial charge < -0.3 is 15.4 Å². The van der Waals surface area contributed by atoms with Gasteiger partial charge in [0.1, 0.15) is 13.2 Å². The highest BCUT2D eigenvalue weighted by atomic mass is 19.4. The van der Waals surface area contributed by atoms with Gasteiger partial charge in [0.2, 0.25) is 5.91 Å². The third kappa shape index (κ3) is 6.53. The standard InChI is InChI=1S/C12H22F3N3O2/c1-10(6-16)7-17-2-4-18(5-3-17)11(19)8-20-9-12(13,14)15/h10H,2-9,16H2,1H3. The predicted octanol–water partition coefficient (Wildman–Crippen LogP) is 0.304. The van der Waals surface area contributed by atoms with Crippen molar-refractivity contribution in [3.05, 3.63) is 0 Å². The van der Waals surface area contributed by atoms with Crippen LogP contribution < -0.4 is 5.73 Å². The van der Waals surface area contributed by atoms with Gasteiger partial charge in [-0.15, -0.1) is 0 Å². The number of nitrogens with two attached hydrogens (primary N) is 1. The number of carbonyl (C=O) groups is 1. The zero-order chi connectivity index (χ0) is 15.2. The van der Waals surface area contributed by atoms with Gasteiger partial charge in [0.05, 0.1) is 0 Å². The minimum atomic E-state index is -4.39. The van der Waals surface area contributed by atoms with Crippen molar-refractivity contribution in [2.45, 2.75) is 13.1 Å². The molecule has 1 saturated heterocycles. The number of nitrogens with zero attached hydrogens (tertiary/aromatic N) is 2. The average Bonchev–Trinajstić information content (AvgIpc) is 2.37. The molecular weight excluding hydrogens is 275 g/mol. The van der Waals surface area contributed by atoms with Crippen molar-refractivity contribution in [3.8, 4) is 0 Å². The molecule has 20 heavy (non-hydrogen) atoms. The third-order valence-corrected chi connectivity index (χ3v) is 3.19. The predicted molar refractivity (Wildman–Crippen MR) is 68.1 cm³/mol. The van der Waals surface area contributed by atoms with Gasteiger partial charge in [-0.25, -0.2) is 0 Å². The van der Waals surface area contributed by atoms with Gasteiger partial charge in [-0.3, -0.25) is 9.69 Å². The minimum absolute atomic E-state index is 0.388. The SMILES string of the molecule is CC(CN)CN1CCN(C(=O)COCC(F)(F)F)CC1. The lowest BCUT2D eigenvalue weighted by atomic mass is 10.1. The Kier molecular flexibility index (Phi) is 6.70. The number of piperazine rings is 1. The molecule has 1 rings (SSSR count). The fraction of sp³-hybridized carbons (Fsp3) is 0.917. The van der Waals surface area contributed by atoms with Crippen LogP contribution in [0.4, 0.5) is 13.2 Å². The van der Waals surface area contributed by atoms with E-state index >= 15 is 0 Å². The quantitative estimate of drug-likeness (QED) is 0.766. The number of carbonyl (C=O) groups excluding carboxylic acids is 1. The molecule has 1 atom stereocenters. The first-order valence-corrected chi connectivity index (χ1v) is 6.66. The zero-order valence-electron chi connectivity index (χ0n) is 11.7. The molecule has 0 aromatic carbocycles. The summed E-state index contributed by atoms with van der Waals surface area (Å²) in [6.45, 7) is 4.13. The van der Waals surface area contributed by atoms with Crippen molar-refractivity contribution in [2.75, 3.05) is 52.5 Å². The number of amides is 1. The Balaban J connectivity index is 2.22. The molecule has 0 spiro atoms. The topological polar surface area (TPSA) is 58.8 Å². The molecule has 1 amide bonds. The van der Waals surface area contributed by atoms with E-state index in [1.165, 1.54) is 0 Å². The number of rotatable bonds is 6. The van der Waals surface area contributed by atoms with Gasteiger partial charge in [0.25, 0.3) is 0 Å². The second-order valence-electron chi connectivity index (χ2n) is 5.13. The van der Waals surface area contributed by atoms with Crippen molar-refractivity contribution in [1.82, 2.24) is 9.80 Å². The van der Waals surface area contributed by atoms with Crippen LogP contribution in [0.5, 0.6) is 0 Å². The molecular formula is C12H22F3N3O2. The largest absolute Gasteiger partial charge is 0.411 e. The Bertz CT molecular complexity index is 305. The summed E-state index contributed by atoms with van der Waals surface area (Å²) in [7, 11) is 0. The van der Waals surface area contributed by atoms with Crippen LogP contribution in [0.3, 0.4) is 0 Å². The van der Waals surface area contributed by atoms with E-state index in [-0.39, 0.29) is 5.91 Å². The lowest BCUT2D eigenvalue weighted by molar-refractivity contribution is -0.178. The molecule has 1 aliphatic heterocycles. The van der Waals surface area contributed by atoms with Crippen LogP contribution in [0.2, 0.25) is 0 Å². The minimum Gasteiger partial charge on any atom is -0.362 e. The van der Waals surface area contributed by atoms with Gasteiger partial charge >= 0.3 is 6.18 Å². The van der Waals surface area contributed by atoms with Gasteiger partial charge in [0, 0.05) is 32.7 Å². The zero-order valence-corrected chi connectivity index (χ0v) is 11.7. The van der Waals surface area contributed by atoms with E-state index in [9.17, 15) is 18.0 Å². The van der Waals surface area contributed by atoms with Crippen molar-refractivity contribution in [1.29, 1.82) is 0 Å². The van der Waals surface area contributed by atoms with Crippen LogP contribution in [-0.2, 0) is 9.53 Å². The van der Waals surface area contributed by atoms with Crippen LogP contribution in [0.1, 0.15) is 6.92 Å². The fourth-order valence-corrected chi connectivity index (χ4v) is 2.04. The lowest BCUT2D eigenvalue weighted by Gasteiger charge is -2.35. The molecule has 5 nitrogen and oxygen atoms in total. The Morgan fingerprint density at radius 1 is 1.30 bits per heavy atom. The van der Waals surface area contributed by atoms with E-state index in [4.69, 9.17) is 5.73 Å². The maximum atomic E-state index is 11.9. The van der Waals surface area contributed by atoms with Gasteiger partial charge in [0.15, 0.2) is 0 Å².